The number of nitrogens with one attached hydrogen (secondary N) is 1. The summed E-state index contributed by atoms with van der Waals surface area (Å²) >= 11 is 3.35. The van der Waals surface area contributed by atoms with E-state index in [2.05, 4.69) is 21.2 Å². The van der Waals surface area contributed by atoms with Crippen LogP contribution in [0.15, 0.2) is 40.5 Å². The van der Waals surface area contributed by atoms with Gasteiger partial charge in [-0.25, -0.2) is 0 Å². The molecule has 15 heavy (non-hydrogen) atoms. The third kappa shape index (κ3) is 2.48. The first-order chi connectivity index (χ1) is 7.27. The van der Waals surface area contributed by atoms with Crippen LogP contribution in [-0.2, 0) is 4.79 Å². The van der Waals surface area contributed by atoms with Crippen molar-refractivity contribution in [3.8, 4) is 0 Å². The van der Waals surface area contributed by atoms with Crippen LogP contribution >= 0.6 is 15.9 Å². The molecular formula is C12H12BrNO. The van der Waals surface area contributed by atoms with Crippen molar-refractivity contribution in [2.75, 3.05) is 5.32 Å². The quantitative estimate of drug-likeness (QED) is 0.888. The van der Waals surface area contributed by atoms with Gasteiger partial charge in [0.15, 0.2) is 5.78 Å². The summed E-state index contributed by atoms with van der Waals surface area (Å²) in [6.45, 7) is 0. The number of para-hydroxylation sites is 1. The third-order valence-corrected chi connectivity index (χ3v) is 3.33. The minimum atomic E-state index is 0.194. The second-order valence-electron chi connectivity index (χ2n) is 3.56. The fraction of sp³-hybridized carbons (Fsp3) is 0.250. The minimum Gasteiger partial charge on any atom is -0.358 e. The van der Waals surface area contributed by atoms with Crippen molar-refractivity contribution in [2.24, 2.45) is 0 Å². The maximum absolute atomic E-state index is 11.4. The molecular weight excluding hydrogens is 254 g/mol. The Morgan fingerprint density at radius 2 is 1.87 bits per heavy atom. The molecule has 0 radical (unpaired) electrons. The zero-order valence-electron chi connectivity index (χ0n) is 8.29. The average Bonchev–Trinajstić information content (AvgIpc) is 2.26. The maximum Gasteiger partial charge on any atom is 0.171 e. The van der Waals surface area contributed by atoms with E-state index in [-0.39, 0.29) is 5.78 Å². The zero-order valence-corrected chi connectivity index (χ0v) is 9.88. The van der Waals surface area contributed by atoms with E-state index in [9.17, 15) is 4.79 Å². The molecule has 1 N–H and O–H groups in total. The molecule has 2 nitrogen and oxygen atoms in total. The Balaban J connectivity index is 2.18. The average molecular weight is 266 g/mol. The highest BCUT2D eigenvalue weighted by Crippen LogP contribution is 2.27. The van der Waals surface area contributed by atoms with Gasteiger partial charge in [-0.05, 0) is 40.9 Å². The number of allylic oxidation sites excluding steroid dienone is 2. The molecule has 0 saturated heterocycles. The molecule has 0 amide bonds. The second kappa shape index (κ2) is 4.62. The number of hydrogen-bond donors (Lipinski definition) is 1. The van der Waals surface area contributed by atoms with Crippen molar-refractivity contribution in [3.63, 3.8) is 0 Å². The van der Waals surface area contributed by atoms with Gasteiger partial charge in [-0.2, -0.15) is 0 Å². The fourth-order valence-electron chi connectivity index (χ4n) is 1.63. The monoisotopic (exact) mass is 265 g/mol. The molecule has 1 aromatic rings. The van der Waals surface area contributed by atoms with Crippen molar-refractivity contribution in [2.45, 2.75) is 19.3 Å². The van der Waals surface area contributed by atoms with Gasteiger partial charge < -0.3 is 5.32 Å². The van der Waals surface area contributed by atoms with Gasteiger partial charge in [0, 0.05) is 17.8 Å². The van der Waals surface area contributed by atoms with Crippen LogP contribution in [0.2, 0.25) is 0 Å². The molecule has 1 aromatic carbocycles. The highest BCUT2D eigenvalue weighted by Gasteiger charge is 2.17. The minimum absolute atomic E-state index is 0.194. The van der Waals surface area contributed by atoms with E-state index in [4.69, 9.17) is 0 Å². The van der Waals surface area contributed by atoms with Gasteiger partial charge in [0.25, 0.3) is 0 Å². The first kappa shape index (κ1) is 10.4. The molecule has 0 spiro atoms. The van der Waals surface area contributed by atoms with Crippen LogP contribution in [0.4, 0.5) is 5.69 Å². The summed E-state index contributed by atoms with van der Waals surface area (Å²) in [5, 5.41) is 3.27. The Morgan fingerprint density at radius 3 is 2.60 bits per heavy atom. The Hall–Kier alpha value is -1.09. The molecule has 0 bridgehead atoms. The van der Waals surface area contributed by atoms with Gasteiger partial charge in [-0.1, -0.05) is 18.2 Å². The van der Waals surface area contributed by atoms with Crippen molar-refractivity contribution < 1.29 is 4.79 Å². The fourth-order valence-corrected chi connectivity index (χ4v) is 2.12. The molecule has 3 heteroatoms. The van der Waals surface area contributed by atoms with Crippen molar-refractivity contribution in [1.82, 2.24) is 0 Å². The summed E-state index contributed by atoms with van der Waals surface area (Å²) in [5.41, 5.74) is 2.02. The molecule has 0 aromatic heterocycles. The number of carbonyl (C=O) groups is 1. The number of anilines is 1. The molecule has 0 fully saturated rings. The van der Waals surface area contributed by atoms with Gasteiger partial charge in [0.1, 0.15) is 0 Å². The van der Waals surface area contributed by atoms with E-state index in [1.165, 1.54) is 0 Å². The van der Waals surface area contributed by atoms with E-state index < -0.39 is 0 Å². The summed E-state index contributed by atoms with van der Waals surface area (Å²) in [7, 11) is 0. The van der Waals surface area contributed by atoms with E-state index in [0.717, 1.165) is 24.2 Å². The molecule has 0 aliphatic heterocycles. The summed E-state index contributed by atoms with van der Waals surface area (Å²) < 4.78 is 0.706. The lowest BCUT2D eigenvalue weighted by Gasteiger charge is -2.17. The Kier molecular flexibility index (Phi) is 3.21. The summed E-state index contributed by atoms with van der Waals surface area (Å²) in [6, 6.07) is 9.91. The van der Waals surface area contributed by atoms with Gasteiger partial charge in [-0.15, -0.1) is 0 Å². The highest BCUT2D eigenvalue weighted by molar-refractivity contribution is 9.12. The third-order valence-electron chi connectivity index (χ3n) is 2.41. The van der Waals surface area contributed by atoms with Gasteiger partial charge in [0.2, 0.25) is 0 Å². The molecule has 0 unspecified atom stereocenters. The summed E-state index contributed by atoms with van der Waals surface area (Å²) in [5.74, 6) is 0.194. The number of hydrogen-bond acceptors (Lipinski definition) is 2. The molecule has 1 aliphatic rings. The SMILES string of the molecule is O=C1CCCC(Nc2ccccc2)=C1Br. The van der Waals surface area contributed by atoms with Crippen molar-refractivity contribution in [1.29, 1.82) is 0 Å². The number of rotatable bonds is 2. The first-order valence-electron chi connectivity index (χ1n) is 5.01. The van der Waals surface area contributed by atoms with Gasteiger partial charge in [0.05, 0.1) is 4.48 Å². The van der Waals surface area contributed by atoms with Crippen LogP contribution in [0.5, 0.6) is 0 Å². The van der Waals surface area contributed by atoms with Gasteiger partial charge >= 0.3 is 0 Å². The molecule has 0 saturated carbocycles. The number of halogens is 1. The van der Waals surface area contributed by atoms with Crippen LogP contribution in [0.1, 0.15) is 19.3 Å². The Morgan fingerprint density at radius 1 is 1.13 bits per heavy atom. The lowest BCUT2D eigenvalue weighted by molar-refractivity contribution is -0.115. The number of benzene rings is 1. The molecule has 0 atom stereocenters. The predicted octanol–water partition coefficient (Wildman–Crippen LogP) is 3.46. The normalized spacial score (nSPS) is 16.7. The van der Waals surface area contributed by atoms with E-state index in [0.29, 0.717) is 10.9 Å². The highest BCUT2D eigenvalue weighted by atomic mass is 79.9. The Bertz CT molecular complexity index is 397. The zero-order chi connectivity index (χ0) is 10.7. The van der Waals surface area contributed by atoms with Crippen LogP contribution < -0.4 is 5.32 Å². The molecule has 78 valence electrons. The van der Waals surface area contributed by atoms with Crippen LogP contribution in [0, 0.1) is 0 Å². The predicted molar refractivity (Wildman–Crippen MR) is 64.9 cm³/mol. The molecule has 2 rings (SSSR count). The summed E-state index contributed by atoms with van der Waals surface area (Å²) in [4.78, 5) is 11.4. The van der Waals surface area contributed by atoms with Crippen LogP contribution in [-0.4, -0.2) is 5.78 Å². The number of Topliss-reactive ketones (excluding diaryl/α,β-unsaturated/α-hetero) is 1. The lowest BCUT2D eigenvalue weighted by Crippen LogP contribution is -2.12. The molecule has 0 heterocycles. The van der Waals surface area contributed by atoms with Crippen LogP contribution in [0.3, 0.4) is 0 Å². The molecule has 1 aliphatic carbocycles. The number of carbonyl (C=O) groups excluding carboxylic acids is 1. The standard InChI is InChI=1S/C12H12BrNO/c13-12-10(7-4-8-11(12)15)14-9-5-2-1-3-6-9/h1-3,5-6,14H,4,7-8H2. The van der Waals surface area contributed by atoms with E-state index in [1.54, 1.807) is 0 Å². The number of ketones is 1. The largest absolute Gasteiger partial charge is 0.358 e. The van der Waals surface area contributed by atoms with E-state index in [1.807, 2.05) is 30.3 Å². The Labute approximate surface area is 97.5 Å². The first-order valence-corrected chi connectivity index (χ1v) is 5.80. The van der Waals surface area contributed by atoms with Gasteiger partial charge in [-0.3, -0.25) is 4.79 Å². The van der Waals surface area contributed by atoms with Crippen molar-refractivity contribution in [3.05, 3.63) is 40.5 Å². The topological polar surface area (TPSA) is 29.1 Å². The van der Waals surface area contributed by atoms with Crippen LogP contribution in [0.25, 0.3) is 0 Å². The van der Waals surface area contributed by atoms with Crippen molar-refractivity contribution >= 4 is 27.4 Å². The smallest absolute Gasteiger partial charge is 0.171 e. The second-order valence-corrected chi connectivity index (χ2v) is 4.35. The van der Waals surface area contributed by atoms with E-state index >= 15 is 0 Å². The maximum atomic E-state index is 11.4. The lowest BCUT2D eigenvalue weighted by atomic mass is 10.0. The summed E-state index contributed by atoms with van der Waals surface area (Å²) in [6.07, 6.45) is 2.52.